The highest BCUT2D eigenvalue weighted by molar-refractivity contribution is 5.86. The first kappa shape index (κ1) is 13.6. The number of Topliss-reactive ketones (excluding diaryl/α,β-unsaturated/α-hetero) is 1. The monoisotopic (exact) mass is 253 g/mol. The average molecular weight is 253 g/mol. The number of carbonyl (C=O) groups excluding carboxylic acids is 2. The Labute approximate surface area is 102 Å². The highest BCUT2D eigenvalue weighted by atomic mass is 16.6. The predicted octanol–water partition coefficient (Wildman–Crippen LogP) is 1.42. The molecule has 1 aromatic heterocycles. The van der Waals surface area contributed by atoms with Gasteiger partial charge in [-0.3, -0.25) is 19.7 Å². The summed E-state index contributed by atoms with van der Waals surface area (Å²) in [6.45, 7) is 2.17. The lowest BCUT2D eigenvalue weighted by molar-refractivity contribution is -0.432. The van der Waals surface area contributed by atoms with Crippen LogP contribution in [0.3, 0.4) is 0 Å². The van der Waals surface area contributed by atoms with Gasteiger partial charge in [-0.1, -0.05) is 0 Å². The second kappa shape index (κ2) is 5.76. The maximum atomic E-state index is 11.3. The van der Waals surface area contributed by atoms with Gasteiger partial charge < -0.3 is 9.15 Å². The molecule has 96 valence electrons. The Morgan fingerprint density at radius 2 is 2.17 bits per heavy atom. The van der Waals surface area contributed by atoms with Crippen molar-refractivity contribution in [2.45, 2.75) is 20.0 Å². The van der Waals surface area contributed by atoms with E-state index in [4.69, 9.17) is 4.42 Å². The Morgan fingerprint density at radius 3 is 2.56 bits per heavy atom. The number of furan rings is 1. The average Bonchev–Trinajstić information content (AvgIpc) is 2.74. The molecule has 1 aromatic rings. The molecule has 0 aliphatic heterocycles. The van der Waals surface area contributed by atoms with Crippen LogP contribution in [0.1, 0.15) is 19.6 Å². The Balaban J connectivity index is 3.12. The highest BCUT2D eigenvalue weighted by Gasteiger charge is 2.32. The molecular formula is C11H11NO6. The molecular weight excluding hydrogens is 242 g/mol. The zero-order valence-electron chi connectivity index (χ0n) is 9.78. The number of esters is 1. The van der Waals surface area contributed by atoms with E-state index >= 15 is 0 Å². The molecule has 7 heteroatoms. The summed E-state index contributed by atoms with van der Waals surface area (Å²) in [5, 5.41) is 10.9. The molecule has 0 radical (unpaired) electrons. The molecule has 0 N–H and O–H groups in total. The molecule has 18 heavy (non-hydrogen) atoms. The van der Waals surface area contributed by atoms with Crippen LogP contribution in [0.4, 0.5) is 0 Å². The van der Waals surface area contributed by atoms with Gasteiger partial charge in [0.2, 0.25) is 6.10 Å². The van der Waals surface area contributed by atoms with E-state index in [1.807, 2.05) is 0 Å². The molecule has 0 saturated heterocycles. The van der Waals surface area contributed by atoms with Crippen molar-refractivity contribution < 1.29 is 23.7 Å². The van der Waals surface area contributed by atoms with Crippen LogP contribution in [-0.2, 0) is 14.3 Å². The smallest absolute Gasteiger partial charge is 0.303 e. The maximum absolute atomic E-state index is 11.3. The van der Waals surface area contributed by atoms with Crippen molar-refractivity contribution in [1.82, 2.24) is 0 Å². The molecule has 0 amide bonds. The maximum Gasteiger partial charge on any atom is 0.303 e. The van der Waals surface area contributed by atoms with Gasteiger partial charge in [0.25, 0.3) is 5.70 Å². The van der Waals surface area contributed by atoms with Gasteiger partial charge in [0, 0.05) is 6.92 Å². The SMILES string of the molecule is CC(=O)OC(C(C)=O)/C(=C\c1ccco1)[N+](=O)[O-]. The first-order valence-corrected chi connectivity index (χ1v) is 4.99. The van der Waals surface area contributed by atoms with Crippen molar-refractivity contribution in [3.05, 3.63) is 40.0 Å². The van der Waals surface area contributed by atoms with Crippen LogP contribution in [0.25, 0.3) is 6.08 Å². The largest absolute Gasteiger partial charge is 0.465 e. The Morgan fingerprint density at radius 1 is 1.50 bits per heavy atom. The molecule has 1 rings (SSSR count). The van der Waals surface area contributed by atoms with Crippen LogP contribution in [0.2, 0.25) is 0 Å². The van der Waals surface area contributed by atoms with Gasteiger partial charge in [-0.25, -0.2) is 0 Å². The lowest BCUT2D eigenvalue weighted by atomic mass is 10.1. The van der Waals surface area contributed by atoms with Gasteiger partial charge in [0.1, 0.15) is 5.76 Å². The van der Waals surface area contributed by atoms with Crippen LogP contribution in [-0.4, -0.2) is 22.8 Å². The van der Waals surface area contributed by atoms with Gasteiger partial charge in [0.05, 0.1) is 17.3 Å². The van der Waals surface area contributed by atoms with Crippen molar-refractivity contribution >= 4 is 17.8 Å². The van der Waals surface area contributed by atoms with Crippen LogP contribution in [0.15, 0.2) is 28.5 Å². The summed E-state index contributed by atoms with van der Waals surface area (Å²) in [6.07, 6.45) is 0.843. The normalized spacial score (nSPS) is 12.9. The standard InChI is InChI=1S/C11H11NO6/c1-7(13)11(18-8(2)14)10(12(15)16)6-9-4-3-5-17-9/h3-6,11H,1-2H3/b10-6+. The number of ether oxygens (including phenoxy) is 1. The van der Waals surface area contributed by atoms with E-state index in [-0.39, 0.29) is 5.76 Å². The molecule has 0 saturated carbocycles. The topological polar surface area (TPSA) is 99.7 Å². The van der Waals surface area contributed by atoms with Gasteiger partial charge in [-0.15, -0.1) is 0 Å². The van der Waals surface area contributed by atoms with E-state index < -0.39 is 28.5 Å². The van der Waals surface area contributed by atoms with E-state index in [1.165, 1.54) is 18.4 Å². The molecule has 0 aliphatic carbocycles. The van der Waals surface area contributed by atoms with Crippen molar-refractivity contribution in [3.8, 4) is 0 Å². The van der Waals surface area contributed by atoms with Crippen LogP contribution in [0.5, 0.6) is 0 Å². The molecule has 0 spiro atoms. The molecule has 0 bridgehead atoms. The van der Waals surface area contributed by atoms with Gasteiger partial charge in [0.15, 0.2) is 5.78 Å². The van der Waals surface area contributed by atoms with Gasteiger partial charge >= 0.3 is 5.97 Å². The molecule has 0 fully saturated rings. The highest BCUT2D eigenvalue weighted by Crippen LogP contribution is 2.15. The lowest BCUT2D eigenvalue weighted by Crippen LogP contribution is -2.29. The fraction of sp³-hybridized carbons (Fsp3) is 0.273. The number of hydrogen-bond donors (Lipinski definition) is 0. The summed E-state index contributed by atoms with van der Waals surface area (Å²) in [5.41, 5.74) is -0.548. The number of rotatable bonds is 5. The quantitative estimate of drug-likeness (QED) is 0.447. The van der Waals surface area contributed by atoms with Crippen molar-refractivity contribution in [1.29, 1.82) is 0 Å². The van der Waals surface area contributed by atoms with Crippen molar-refractivity contribution in [2.75, 3.05) is 0 Å². The first-order valence-electron chi connectivity index (χ1n) is 4.99. The molecule has 1 atom stereocenters. The number of ketones is 1. The Kier molecular flexibility index (Phi) is 4.36. The number of nitro groups is 1. The molecule has 7 nitrogen and oxygen atoms in total. The van der Waals surface area contributed by atoms with Crippen LogP contribution in [0, 0.1) is 10.1 Å². The lowest BCUT2D eigenvalue weighted by Gasteiger charge is -2.10. The van der Waals surface area contributed by atoms with E-state index in [0.717, 1.165) is 19.9 Å². The third-order valence-electron chi connectivity index (χ3n) is 1.97. The zero-order valence-corrected chi connectivity index (χ0v) is 9.78. The van der Waals surface area contributed by atoms with Crippen LogP contribution < -0.4 is 0 Å². The van der Waals surface area contributed by atoms with E-state index in [2.05, 4.69) is 4.74 Å². The minimum atomic E-state index is -1.54. The summed E-state index contributed by atoms with van der Waals surface area (Å²) in [5.74, 6) is -1.22. The zero-order chi connectivity index (χ0) is 13.7. The fourth-order valence-corrected chi connectivity index (χ4v) is 1.26. The summed E-state index contributed by atoms with van der Waals surface area (Å²) in [4.78, 5) is 32.3. The first-order chi connectivity index (χ1) is 8.41. The molecule has 0 aliphatic rings. The summed E-state index contributed by atoms with van der Waals surface area (Å²) in [7, 11) is 0. The number of hydrogen-bond acceptors (Lipinski definition) is 6. The minimum absolute atomic E-state index is 0.195. The molecule has 1 heterocycles. The third-order valence-corrected chi connectivity index (χ3v) is 1.97. The van der Waals surface area contributed by atoms with E-state index in [1.54, 1.807) is 0 Å². The van der Waals surface area contributed by atoms with E-state index in [0.29, 0.717) is 0 Å². The van der Waals surface area contributed by atoms with Gasteiger partial charge in [-0.2, -0.15) is 0 Å². The number of carbonyl (C=O) groups is 2. The second-order valence-corrected chi connectivity index (χ2v) is 3.44. The Hall–Kier alpha value is -2.44. The van der Waals surface area contributed by atoms with Crippen molar-refractivity contribution in [3.63, 3.8) is 0 Å². The summed E-state index contributed by atoms with van der Waals surface area (Å²) in [6, 6.07) is 3.02. The summed E-state index contributed by atoms with van der Waals surface area (Å²) < 4.78 is 9.56. The van der Waals surface area contributed by atoms with E-state index in [9.17, 15) is 19.7 Å². The predicted molar refractivity (Wildman–Crippen MR) is 59.9 cm³/mol. The van der Waals surface area contributed by atoms with Crippen molar-refractivity contribution in [2.24, 2.45) is 0 Å². The summed E-state index contributed by atoms with van der Waals surface area (Å²) >= 11 is 0. The van der Waals surface area contributed by atoms with Crippen LogP contribution >= 0.6 is 0 Å². The Bertz CT molecular complexity index is 488. The minimum Gasteiger partial charge on any atom is -0.465 e. The second-order valence-electron chi connectivity index (χ2n) is 3.44. The third kappa shape index (κ3) is 3.55. The molecule has 0 aromatic carbocycles. The molecule has 1 unspecified atom stereocenters. The fourth-order valence-electron chi connectivity index (χ4n) is 1.26. The van der Waals surface area contributed by atoms with Gasteiger partial charge in [-0.05, 0) is 19.1 Å². The number of nitrogens with zero attached hydrogens (tertiary/aromatic N) is 1.